The van der Waals surface area contributed by atoms with Crippen molar-refractivity contribution in [1.82, 2.24) is 10.2 Å². The molecule has 1 N–H and O–H groups in total. The first-order chi connectivity index (χ1) is 21.5. The summed E-state index contributed by atoms with van der Waals surface area (Å²) in [5.41, 5.74) is 3.59. The van der Waals surface area contributed by atoms with Crippen molar-refractivity contribution in [3.63, 3.8) is 0 Å². The quantitative estimate of drug-likeness (QED) is 0.178. The van der Waals surface area contributed by atoms with E-state index in [-0.39, 0.29) is 29.7 Å². The number of sulfonamides is 1. The molecule has 0 aliphatic heterocycles. The SMILES string of the molecule is Cc1ccc(C)c(N(CC(=O)N(Cc2ccc(Cl)cc2)[C@@H](Cc2ccccc2)C(=O)NCC(C)C)S(=O)(=O)c2ccccc2)c1. The third-order valence-electron chi connectivity index (χ3n) is 7.47. The predicted molar refractivity (Wildman–Crippen MR) is 181 cm³/mol. The maximum atomic E-state index is 14.6. The van der Waals surface area contributed by atoms with Crippen molar-refractivity contribution in [3.05, 3.63) is 130 Å². The van der Waals surface area contributed by atoms with E-state index in [1.54, 1.807) is 48.5 Å². The number of amides is 2. The van der Waals surface area contributed by atoms with Crippen molar-refractivity contribution in [3.8, 4) is 0 Å². The molecular formula is C36H40ClN3O4S. The van der Waals surface area contributed by atoms with Crippen LogP contribution in [0.3, 0.4) is 0 Å². The molecule has 7 nitrogen and oxygen atoms in total. The number of nitrogens with one attached hydrogen (secondary N) is 1. The van der Waals surface area contributed by atoms with E-state index in [1.807, 2.05) is 70.2 Å². The average Bonchev–Trinajstić information content (AvgIpc) is 3.03. The van der Waals surface area contributed by atoms with Crippen LogP contribution in [0.5, 0.6) is 0 Å². The summed E-state index contributed by atoms with van der Waals surface area (Å²) in [6, 6.07) is 29.2. The fourth-order valence-corrected chi connectivity index (χ4v) is 6.60. The second-order valence-corrected chi connectivity index (χ2v) is 13.9. The van der Waals surface area contributed by atoms with Gasteiger partial charge in [0.25, 0.3) is 10.0 Å². The standard InChI is InChI=1S/C36H40ClN3O4S/c1-26(2)23-38-36(42)34(22-29-11-7-5-8-12-29)39(24-30-17-19-31(37)20-18-30)35(41)25-40(33-21-27(3)15-16-28(33)4)45(43,44)32-13-9-6-10-14-32/h5-21,26,34H,22-25H2,1-4H3,(H,38,42)/t34-/m0/s1. The highest BCUT2D eigenvalue weighted by atomic mass is 35.5. The van der Waals surface area contributed by atoms with E-state index in [9.17, 15) is 18.0 Å². The average molecular weight is 646 g/mol. The molecule has 4 aromatic rings. The first-order valence-electron chi connectivity index (χ1n) is 15.0. The van der Waals surface area contributed by atoms with Gasteiger partial charge < -0.3 is 10.2 Å². The lowest BCUT2D eigenvalue weighted by atomic mass is 10.0. The molecule has 0 aliphatic carbocycles. The maximum absolute atomic E-state index is 14.6. The van der Waals surface area contributed by atoms with E-state index < -0.39 is 28.5 Å². The molecule has 4 rings (SSSR count). The van der Waals surface area contributed by atoms with E-state index in [0.29, 0.717) is 22.8 Å². The molecule has 0 radical (unpaired) electrons. The minimum absolute atomic E-state index is 0.0680. The molecule has 4 aromatic carbocycles. The Kier molecular flexibility index (Phi) is 11.4. The van der Waals surface area contributed by atoms with E-state index in [4.69, 9.17) is 11.6 Å². The van der Waals surface area contributed by atoms with Crippen LogP contribution in [0, 0.1) is 19.8 Å². The summed E-state index contributed by atoms with van der Waals surface area (Å²) in [7, 11) is -4.16. The Morgan fingerprint density at radius 1 is 0.822 bits per heavy atom. The number of nitrogens with zero attached hydrogens (tertiary/aromatic N) is 2. The molecule has 0 fully saturated rings. The van der Waals surface area contributed by atoms with Gasteiger partial charge in [-0.25, -0.2) is 8.42 Å². The largest absolute Gasteiger partial charge is 0.354 e. The second kappa shape index (κ2) is 15.2. The first kappa shape index (κ1) is 33.7. The van der Waals surface area contributed by atoms with Gasteiger partial charge in [-0.1, -0.05) is 98.2 Å². The maximum Gasteiger partial charge on any atom is 0.264 e. The third kappa shape index (κ3) is 8.96. The Morgan fingerprint density at radius 2 is 1.44 bits per heavy atom. The van der Waals surface area contributed by atoms with Crippen molar-refractivity contribution < 1.29 is 18.0 Å². The number of aryl methyl sites for hydroxylation is 2. The Hall–Kier alpha value is -4.14. The highest BCUT2D eigenvalue weighted by Gasteiger charge is 2.35. The predicted octanol–water partition coefficient (Wildman–Crippen LogP) is 6.56. The summed E-state index contributed by atoms with van der Waals surface area (Å²) in [6.45, 7) is 7.70. The Labute approximate surface area is 271 Å². The Bertz CT molecular complexity index is 1700. The van der Waals surface area contributed by atoms with Gasteiger partial charge in [0, 0.05) is 24.5 Å². The number of hydrogen-bond donors (Lipinski definition) is 1. The molecule has 2 amide bonds. The zero-order valence-corrected chi connectivity index (χ0v) is 27.7. The van der Waals surface area contributed by atoms with E-state index in [2.05, 4.69) is 5.32 Å². The number of hydrogen-bond acceptors (Lipinski definition) is 4. The first-order valence-corrected chi connectivity index (χ1v) is 16.8. The molecule has 0 bridgehead atoms. The van der Waals surface area contributed by atoms with Gasteiger partial charge in [-0.15, -0.1) is 0 Å². The zero-order chi connectivity index (χ0) is 32.6. The van der Waals surface area contributed by atoms with Gasteiger partial charge in [0.1, 0.15) is 12.6 Å². The van der Waals surface area contributed by atoms with Gasteiger partial charge in [0.15, 0.2) is 0 Å². The molecule has 0 aliphatic rings. The summed E-state index contributed by atoms with van der Waals surface area (Å²) < 4.78 is 29.5. The normalized spacial score (nSPS) is 12.0. The topological polar surface area (TPSA) is 86.8 Å². The monoisotopic (exact) mass is 645 g/mol. The van der Waals surface area contributed by atoms with Crippen LogP contribution in [-0.4, -0.2) is 44.3 Å². The minimum Gasteiger partial charge on any atom is -0.354 e. The molecule has 0 saturated heterocycles. The summed E-state index contributed by atoms with van der Waals surface area (Å²) in [5.74, 6) is -0.618. The lowest BCUT2D eigenvalue weighted by Crippen LogP contribution is -2.53. The summed E-state index contributed by atoms with van der Waals surface area (Å²) in [6.07, 6.45) is 0.249. The summed E-state index contributed by atoms with van der Waals surface area (Å²) in [4.78, 5) is 30.0. The van der Waals surface area contributed by atoms with Gasteiger partial charge in [-0.2, -0.15) is 0 Å². The van der Waals surface area contributed by atoms with E-state index >= 15 is 0 Å². The Morgan fingerprint density at radius 3 is 2.07 bits per heavy atom. The number of carbonyl (C=O) groups is 2. The number of benzene rings is 4. The van der Waals surface area contributed by atoms with Gasteiger partial charge >= 0.3 is 0 Å². The molecule has 45 heavy (non-hydrogen) atoms. The van der Waals surface area contributed by atoms with Crippen LogP contribution < -0.4 is 9.62 Å². The summed E-state index contributed by atoms with van der Waals surface area (Å²) >= 11 is 6.16. The lowest BCUT2D eigenvalue weighted by Gasteiger charge is -2.34. The van der Waals surface area contributed by atoms with Crippen LogP contribution in [0.2, 0.25) is 5.02 Å². The molecule has 0 saturated carbocycles. The van der Waals surface area contributed by atoms with Gasteiger partial charge in [-0.3, -0.25) is 13.9 Å². The van der Waals surface area contributed by atoms with Crippen molar-refractivity contribution in [1.29, 1.82) is 0 Å². The van der Waals surface area contributed by atoms with E-state index in [1.165, 1.54) is 17.0 Å². The van der Waals surface area contributed by atoms with Crippen LogP contribution >= 0.6 is 11.6 Å². The molecule has 236 valence electrons. The highest BCUT2D eigenvalue weighted by Crippen LogP contribution is 2.29. The summed E-state index contributed by atoms with van der Waals surface area (Å²) in [5, 5.41) is 3.55. The number of anilines is 1. The molecule has 0 unspecified atom stereocenters. The van der Waals surface area contributed by atoms with Crippen LogP contribution in [0.1, 0.15) is 36.1 Å². The lowest BCUT2D eigenvalue weighted by molar-refractivity contribution is -0.140. The molecule has 0 spiro atoms. The van der Waals surface area contributed by atoms with Crippen LogP contribution in [0.25, 0.3) is 0 Å². The zero-order valence-electron chi connectivity index (χ0n) is 26.1. The van der Waals surface area contributed by atoms with Crippen molar-refractivity contribution in [2.24, 2.45) is 5.92 Å². The van der Waals surface area contributed by atoms with Gasteiger partial charge in [0.2, 0.25) is 11.8 Å². The second-order valence-electron chi connectivity index (χ2n) is 11.6. The molecule has 0 heterocycles. The Balaban J connectivity index is 1.82. The smallest absolute Gasteiger partial charge is 0.264 e. The van der Waals surface area contributed by atoms with E-state index in [0.717, 1.165) is 21.0 Å². The van der Waals surface area contributed by atoms with Crippen LogP contribution in [-0.2, 0) is 32.6 Å². The fraction of sp³-hybridized carbons (Fsp3) is 0.278. The molecule has 1 atom stereocenters. The van der Waals surface area contributed by atoms with Gasteiger partial charge in [0.05, 0.1) is 10.6 Å². The minimum atomic E-state index is -4.16. The molecule has 9 heteroatoms. The van der Waals surface area contributed by atoms with Gasteiger partial charge in [-0.05, 0) is 72.4 Å². The number of halogens is 1. The van der Waals surface area contributed by atoms with Crippen molar-refractivity contribution in [2.75, 3.05) is 17.4 Å². The highest BCUT2D eigenvalue weighted by molar-refractivity contribution is 7.92. The van der Waals surface area contributed by atoms with Crippen LogP contribution in [0.15, 0.2) is 108 Å². The molecular weight excluding hydrogens is 606 g/mol. The number of carbonyl (C=O) groups excluding carboxylic acids is 2. The van der Waals surface area contributed by atoms with Crippen molar-refractivity contribution >= 4 is 39.1 Å². The number of rotatable bonds is 13. The molecule has 0 aromatic heterocycles. The van der Waals surface area contributed by atoms with Crippen molar-refractivity contribution in [2.45, 2.75) is 51.6 Å². The third-order valence-corrected chi connectivity index (χ3v) is 9.49. The fourth-order valence-electron chi connectivity index (χ4n) is 4.98. The van der Waals surface area contributed by atoms with Crippen LogP contribution in [0.4, 0.5) is 5.69 Å².